The van der Waals surface area contributed by atoms with Crippen molar-refractivity contribution < 1.29 is 22.7 Å². The first-order valence-corrected chi connectivity index (χ1v) is 11.6. The molecular weight excluding hydrogens is 416 g/mol. The maximum absolute atomic E-state index is 13.0. The first-order chi connectivity index (χ1) is 14.6. The van der Waals surface area contributed by atoms with Gasteiger partial charge >= 0.3 is 5.97 Å². The van der Waals surface area contributed by atoms with E-state index in [1.807, 2.05) is 39.0 Å². The monoisotopic (exact) mass is 444 g/mol. The average Bonchev–Trinajstić information content (AvgIpc) is 2.73. The molecule has 1 heterocycles. The molecule has 0 N–H and O–H groups in total. The van der Waals surface area contributed by atoms with E-state index >= 15 is 0 Å². The lowest BCUT2D eigenvalue weighted by Gasteiger charge is -2.34. The average molecular weight is 445 g/mol. The molecule has 2 aromatic carbocycles. The highest BCUT2D eigenvalue weighted by atomic mass is 32.2. The number of esters is 1. The first-order valence-electron chi connectivity index (χ1n) is 10.2. The van der Waals surface area contributed by atoms with Gasteiger partial charge in [-0.25, -0.2) is 13.2 Å². The summed E-state index contributed by atoms with van der Waals surface area (Å²) in [4.78, 5) is 26.6. The van der Waals surface area contributed by atoms with Gasteiger partial charge < -0.3 is 9.64 Å². The van der Waals surface area contributed by atoms with Crippen molar-refractivity contribution >= 4 is 21.9 Å². The Labute approximate surface area is 183 Å². The fraction of sp³-hybridized carbons (Fsp3) is 0.391. The molecule has 0 unspecified atom stereocenters. The number of piperazine rings is 1. The van der Waals surface area contributed by atoms with Crippen molar-refractivity contribution in [2.24, 2.45) is 0 Å². The van der Waals surface area contributed by atoms with Crippen LogP contribution in [0.2, 0.25) is 0 Å². The largest absolute Gasteiger partial charge is 0.452 e. The zero-order valence-corrected chi connectivity index (χ0v) is 19.2. The number of carbonyl (C=O) groups is 2. The number of rotatable bonds is 5. The number of hydrogen-bond donors (Lipinski definition) is 0. The van der Waals surface area contributed by atoms with Crippen LogP contribution in [0.4, 0.5) is 0 Å². The summed E-state index contributed by atoms with van der Waals surface area (Å²) in [5.41, 5.74) is 3.87. The van der Waals surface area contributed by atoms with Crippen molar-refractivity contribution in [2.45, 2.75) is 32.6 Å². The minimum atomic E-state index is -3.62. The minimum Gasteiger partial charge on any atom is -0.452 e. The van der Waals surface area contributed by atoms with Crippen LogP contribution in [-0.2, 0) is 19.6 Å². The molecule has 0 bridgehead atoms. The molecule has 0 spiro atoms. The zero-order chi connectivity index (χ0) is 22.8. The van der Waals surface area contributed by atoms with Gasteiger partial charge in [0.05, 0.1) is 10.5 Å². The molecule has 0 aliphatic carbocycles. The quantitative estimate of drug-likeness (QED) is 0.662. The van der Waals surface area contributed by atoms with E-state index in [2.05, 4.69) is 0 Å². The lowest BCUT2D eigenvalue weighted by atomic mass is 10.1. The van der Waals surface area contributed by atoms with Gasteiger partial charge in [0.1, 0.15) is 0 Å². The predicted octanol–water partition coefficient (Wildman–Crippen LogP) is 2.61. The van der Waals surface area contributed by atoms with Gasteiger partial charge in [-0.15, -0.1) is 0 Å². The van der Waals surface area contributed by atoms with Gasteiger partial charge in [-0.1, -0.05) is 35.4 Å². The summed E-state index contributed by atoms with van der Waals surface area (Å²) < 4.78 is 32.6. The van der Waals surface area contributed by atoms with Crippen molar-refractivity contribution in [3.63, 3.8) is 0 Å². The van der Waals surface area contributed by atoms with Crippen LogP contribution >= 0.6 is 0 Å². The van der Waals surface area contributed by atoms with Crippen LogP contribution < -0.4 is 0 Å². The molecule has 1 aliphatic heterocycles. The Hall–Kier alpha value is -2.71. The molecule has 1 aliphatic rings. The molecule has 7 nitrogen and oxygen atoms in total. The molecular formula is C23H28N2O5S. The van der Waals surface area contributed by atoms with Crippen LogP contribution in [0, 0.1) is 27.7 Å². The smallest absolute Gasteiger partial charge is 0.338 e. The van der Waals surface area contributed by atoms with E-state index in [-0.39, 0.29) is 38.7 Å². The molecule has 3 rings (SSSR count). The highest BCUT2D eigenvalue weighted by Crippen LogP contribution is 2.22. The third-order valence-corrected chi connectivity index (χ3v) is 7.54. The standard InChI is InChI=1S/C23H28N2O5S/c1-16-6-8-21(19(4)13-16)31(28,29)25-11-9-24(10-12-25)22(26)15-30-23(27)20-14-17(2)5-7-18(20)3/h5-8,13-14H,9-12,15H2,1-4H3. The van der Waals surface area contributed by atoms with Gasteiger partial charge in [-0.05, 0) is 51.0 Å². The van der Waals surface area contributed by atoms with E-state index in [1.165, 1.54) is 9.21 Å². The van der Waals surface area contributed by atoms with Crippen LogP contribution in [0.5, 0.6) is 0 Å². The number of aryl methyl sites for hydroxylation is 4. The van der Waals surface area contributed by atoms with Gasteiger partial charge in [0.2, 0.25) is 10.0 Å². The predicted molar refractivity (Wildman–Crippen MR) is 117 cm³/mol. The summed E-state index contributed by atoms with van der Waals surface area (Å²) in [6.07, 6.45) is 0. The second kappa shape index (κ2) is 9.20. The molecule has 0 aromatic heterocycles. The third kappa shape index (κ3) is 5.14. The lowest BCUT2D eigenvalue weighted by Crippen LogP contribution is -2.51. The minimum absolute atomic E-state index is 0.201. The maximum atomic E-state index is 13.0. The van der Waals surface area contributed by atoms with Crippen molar-refractivity contribution in [1.82, 2.24) is 9.21 Å². The topological polar surface area (TPSA) is 84.0 Å². The van der Waals surface area contributed by atoms with E-state index in [0.717, 1.165) is 16.7 Å². The summed E-state index contributed by atoms with van der Waals surface area (Å²) in [5.74, 6) is -0.868. The second-order valence-corrected chi connectivity index (χ2v) is 9.85. The summed E-state index contributed by atoms with van der Waals surface area (Å²) in [6.45, 7) is 7.94. The van der Waals surface area contributed by atoms with E-state index < -0.39 is 16.0 Å². The number of hydrogen-bond acceptors (Lipinski definition) is 5. The van der Waals surface area contributed by atoms with Gasteiger partial charge in [-0.2, -0.15) is 4.31 Å². The van der Waals surface area contributed by atoms with Crippen molar-refractivity contribution in [1.29, 1.82) is 0 Å². The van der Waals surface area contributed by atoms with Crippen LogP contribution in [0.3, 0.4) is 0 Å². The number of sulfonamides is 1. The Morgan fingerprint density at radius 3 is 2.13 bits per heavy atom. The Kier molecular flexibility index (Phi) is 6.81. The summed E-state index contributed by atoms with van der Waals surface area (Å²) in [7, 11) is -3.62. The van der Waals surface area contributed by atoms with Gasteiger partial charge in [0, 0.05) is 26.2 Å². The molecule has 0 saturated carbocycles. The highest BCUT2D eigenvalue weighted by molar-refractivity contribution is 7.89. The number of benzene rings is 2. The molecule has 1 fully saturated rings. The fourth-order valence-electron chi connectivity index (χ4n) is 3.66. The Morgan fingerprint density at radius 2 is 1.48 bits per heavy atom. The summed E-state index contributed by atoms with van der Waals surface area (Å²) in [6, 6.07) is 10.7. The second-order valence-electron chi connectivity index (χ2n) is 7.95. The van der Waals surface area contributed by atoms with Crippen molar-refractivity contribution in [3.8, 4) is 0 Å². The molecule has 2 aromatic rings. The summed E-state index contributed by atoms with van der Waals surface area (Å²) >= 11 is 0. The van der Waals surface area contributed by atoms with Gasteiger partial charge in [-0.3, -0.25) is 4.79 Å². The molecule has 1 saturated heterocycles. The lowest BCUT2D eigenvalue weighted by molar-refractivity contribution is -0.135. The molecule has 0 radical (unpaired) electrons. The van der Waals surface area contributed by atoms with E-state index in [0.29, 0.717) is 16.0 Å². The highest BCUT2D eigenvalue weighted by Gasteiger charge is 2.31. The number of amides is 1. The number of ether oxygens (including phenoxy) is 1. The molecule has 0 atom stereocenters. The normalized spacial score (nSPS) is 15.0. The molecule has 1 amide bonds. The van der Waals surface area contributed by atoms with E-state index in [9.17, 15) is 18.0 Å². The Morgan fingerprint density at radius 1 is 0.871 bits per heavy atom. The Bertz CT molecular complexity index is 1100. The van der Waals surface area contributed by atoms with Crippen molar-refractivity contribution in [2.75, 3.05) is 32.8 Å². The van der Waals surface area contributed by atoms with Crippen LogP contribution in [0.15, 0.2) is 41.3 Å². The molecule has 31 heavy (non-hydrogen) atoms. The molecule has 8 heteroatoms. The number of carbonyl (C=O) groups excluding carboxylic acids is 2. The summed E-state index contributed by atoms with van der Waals surface area (Å²) in [5, 5.41) is 0. The first kappa shape index (κ1) is 23.0. The third-order valence-electron chi connectivity index (χ3n) is 5.48. The Balaban J connectivity index is 1.57. The van der Waals surface area contributed by atoms with E-state index in [1.54, 1.807) is 25.1 Å². The maximum Gasteiger partial charge on any atom is 0.338 e. The van der Waals surface area contributed by atoms with Crippen LogP contribution in [0.1, 0.15) is 32.6 Å². The van der Waals surface area contributed by atoms with E-state index in [4.69, 9.17) is 4.74 Å². The van der Waals surface area contributed by atoms with Crippen LogP contribution in [-0.4, -0.2) is 62.3 Å². The fourth-order valence-corrected chi connectivity index (χ4v) is 5.29. The molecule has 166 valence electrons. The SMILES string of the molecule is Cc1ccc(S(=O)(=O)N2CCN(C(=O)COC(=O)c3cc(C)ccc3C)CC2)c(C)c1. The van der Waals surface area contributed by atoms with Crippen molar-refractivity contribution in [3.05, 3.63) is 64.2 Å². The van der Waals surface area contributed by atoms with Gasteiger partial charge in [0.25, 0.3) is 5.91 Å². The zero-order valence-electron chi connectivity index (χ0n) is 18.3. The van der Waals surface area contributed by atoms with Crippen LogP contribution in [0.25, 0.3) is 0 Å². The van der Waals surface area contributed by atoms with Gasteiger partial charge in [0.15, 0.2) is 6.61 Å². The number of nitrogens with zero attached hydrogens (tertiary/aromatic N) is 2.